The summed E-state index contributed by atoms with van der Waals surface area (Å²) < 4.78 is 13.0. The van der Waals surface area contributed by atoms with Gasteiger partial charge < -0.3 is 29.9 Å². The van der Waals surface area contributed by atoms with Crippen LogP contribution in [0.4, 0.5) is 0 Å². The van der Waals surface area contributed by atoms with E-state index in [0.29, 0.717) is 41.9 Å². The van der Waals surface area contributed by atoms with Gasteiger partial charge in [0.25, 0.3) is 0 Å². The van der Waals surface area contributed by atoms with Gasteiger partial charge in [0.2, 0.25) is 5.91 Å². The van der Waals surface area contributed by atoms with Crippen molar-refractivity contribution in [2.75, 3.05) is 33.8 Å². The highest BCUT2D eigenvalue weighted by Gasteiger charge is 2.17. The standard InChI is InChI=1S/C28H28N2O5S2/c1-30(2)26(33)16-23(36)17-29-13-14-34-21-8-10-22(11-9-21)35-27-24-12-7-20(32)15-25(24)37-28(27)18-3-5-19(31)6-4-18/h3-12,15-16,29,31-32,36H,13-14,17H2,1-2H3/b23-16+. The van der Waals surface area contributed by atoms with Crippen molar-refractivity contribution in [2.24, 2.45) is 0 Å². The van der Waals surface area contributed by atoms with Crippen molar-refractivity contribution >= 4 is 40.0 Å². The number of rotatable bonds is 10. The number of phenols is 2. The number of hydrogen-bond donors (Lipinski definition) is 4. The predicted molar refractivity (Wildman–Crippen MR) is 151 cm³/mol. The van der Waals surface area contributed by atoms with E-state index in [1.54, 1.807) is 38.4 Å². The number of likely N-dealkylation sites (N-methyl/N-ethyl adjacent to an activating group) is 1. The second-order valence-electron chi connectivity index (χ2n) is 8.45. The average molecular weight is 537 g/mol. The minimum absolute atomic E-state index is 0.103. The van der Waals surface area contributed by atoms with Crippen LogP contribution in [0.5, 0.6) is 28.7 Å². The maximum Gasteiger partial charge on any atom is 0.246 e. The summed E-state index contributed by atoms with van der Waals surface area (Å²) in [5.41, 5.74) is 0.909. The molecule has 0 saturated heterocycles. The summed E-state index contributed by atoms with van der Waals surface area (Å²) in [5.74, 6) is 2.32. The summed E-state index contributed by atoms with van der Waals surface area (Å²) in [6.45, 7) is 1.52. The van der Waals surface area contributed by atoms with Crippen LogP contribution < -0.4 is 14.8 Å². The molecule has 0 unspecified atom stereocenters. The molecular weight excluding hydrogens is 508 g/mol. The molecule has 37 heavy (non-hydrogen) atoms. The van der Waals surface area contributed by atoms with Crippen LogP contribution in [0.2, 0.25) is 0 Å². The molecule has 0 aliphatic heterocycles. The van der Waals surface area contributed by atoms with Crippen LogP contribution in [0.15, 0.2) is 77.7 Å². The number of thiophene rings is 1. The van der Waals surface area contributed by atoms with Gasteiger partial charge in [-0.1, -0.05) is 0 Å². The number of amides is 1. The summed E-state index contributed by atoms with van der Waals surface area (Å²) in [6, 6.07) is 19.5. The molecule has 4 aromatic rings. The number of thiol groups is 1. The largest absolute Gasteiger partial charge is 0.508 e. The molecule has 0 aliphatic carbocycles. The zero-order valence-electron chi connectivity index (χ0n) is 20.5. The van der Waals surface area contributed by atoms with Crippen LogP contribution in [0.25, 0.3) is 20.5 Å². The van der Waals surface area contributed by atoms with Gasteiger partial charge >= 0.3 is 0 Å². The lowest BCUT2D eigenvalue weighted by molar-refractivity contribution is -0.123. The summed E-state index contributed by atoms with van der Waals surface area (Å²) >= 11 is 5.83. The molecule has 192 valence electrons. The average Bonchev–Trinajstić information content (AvgIpc) is 3.22. The summed E-state index contributed by atoms with van der Waals surface area (Å²) in [7, 11) is 3.39. The molecule has 0 saturated carbocycles. The second-order valence-corrected chi connectivity index (χ2v) is 10.1. The lowest BCUT2D eigenvalue weighted by Gasteiger charge is -2.11. The smallest absolute Gasteiger partial charge is 0.246 e. The molecule has 0 radical (unpaired) electrons. The Hall–Kier alpha value is -3.66. The number of carbonyl (C=O) groups excluding carboxylic acids is 1. The fraction of sp³-hybridized carbons (Fsp3) is 0.179. The van der Waals surface area contributed by atoms with Crippen LogP contribution in [0.3, 0.4) is 0 Å². The molecule has 3 aromatic carbocycles. The highest BCUT2D eigenvalue weighted by Crippen LogP contribution is 2.47. The fourth-order valence-electron chi connectivity index (χ4n) is 3.47. The van der Waals surface area contributed by atoms with E-state index in [1.807, 2.05) is 42.5 Å². The Labute approximate surface area is 225 Å². The first-order valence-corrected chi connectivity index (χ1v) is 12.8. The zero-order chi connectivity index (χ0) is 26.4. The first-order valence-electron chi connectivity index (χ1n) is 11.6. The lowest BCUT2D eigenvalue weighted by atomic mass is 10.1. The van der Waals surface area contributed by atoms with Gasteiger partial charge in [0.15, 0.2) is 5.75 Å². The molecule has 0 fully saturated rings. The van der Waals surface area contributed by atoms with Crippen molar-refractivity contribution < 1.29 is 24.5 Å². The summed E-state index contributed by atoms with van der Waals surface area (Å²) in [4.78, 5) is 14.7. The fourth-order valence-corrected chi connectivity index (χ4v) is 4.86. The number of hydrogen-bond acceptors (Lipinski definition) is 8. The third-order valence-corrected chi connectivity index (χ3v) is 6.86. The molecule has 0 spiro atoms. The van der Waals surface area contributed by atoms with Crippen molar-refractivity contribution in [2.45, 2.75) is 0 Å². The number of benzene rings is 3. The van der Waals surface area contributed by atoms with Crippen molar-refractivity contribution in [1.82, 2.24) is 10.2 Å². The number of phenolic OH excluding ortho intramolecular Hbond substituents is 2. The third kappa shape index (κ3) is 6.97. The van der Waals surface area contributed by atoms with Crippen LogP contribution in [-0.4, -0.2) is 54.8 Å². The Morgan fingerprint density at radius 3 is 2.38 bits per heavy atom. The van der Waals surface area contributed by atoms with Gasteiger partial charge in [0, 0.05) is 48.3 Å². The molecule has 4 rings (SSSR count). The highest BCUT2D eigenvalue weighted by molar-refractivity contribution is 7.84. The topological polar surface area (TPSA) is 91.3 Å². The Morgan fingerprint density at radius 2 is 1.68 bits per heavy atom. The molecule has 1 heterocycles. The van der Waals surface area contributed by atoms with Crippen LogP contribution in [-0.2, 0) is 4.79 Å². The van der Waals surface area contributed by atoms with E-state index < -0.39 is 0 Å². The van der Waals surface area contributed by atoms with Crippen molar-refractivity contribution in [1.29, 1.82) is 0 Å². The Bertz CT molecular complexity index is 1400. The van der Waals surface area contributed by atoms with Crippen molar-refractivity contribution in [3.8, 4) is 39.2 Å². The molecule has 0 atom stereocenters. The van der Waals surface area contributed by atoms with Gasteiger partial charge in [-0.2, -0.15) is 0 Å². The minimum atomic E-state index is -0.103. The van der Waals surface area contributed by atoms with E-state index >= 15 is 0 Å². The van der Waals surface area contributed by atoms with Gasteiger partial charge in [-0.15, -0.1) is 24.0 Å². The minimum Gasteiger partial charge on any atom is -0.508 e. The third-order valence-electron chi connectivity index (χ3n) is 5.39. The Balaban J connectivity index is 1.39. The van der Waals surface area contributed by atoms with Gasteiger partial charge in [-0.25, -0.2) is 0 Å². The quantitative estimate of drug-likeness (QED) is 0.119. The molecular formula is C28H28N2O5S2. The second kappa shape index (κ2) is 12.1. The van der Waals surface area contributed by atoms with Gasteiger partial charge in [0.1, 0.15) is 29.6 Å². The maximum atomic E-state index is 11.7. The SMILES string of the molecule is CN(C)C(=O)/C=C(/S)CNCCOc1ccc(Oc2c(-c3ccc(O)cc3)sc3cc(O)ccc23)cc1. The monoisotopic (exact) mass is 536 g/mol. The molecule has 0 aliphatic rings. The van der Waals surface area contributed by atoms with Gasteiger partial charge in [-0.3, -0.25) is 4.79 Å². The summed E-state index contributed by atoms with van der Waals surface area (Å²) in [5, 5.41) is 23.7. The van der Waals surface area contributed by atoms with E-state index in [1.165, 1.54) is 22.3 Å². The predicted octanol–water partition coefficient (Wildman–Crippen LogP) is 5.64. The van der Waals surface area contributed by atoms with E-state index in [0.717, 1.165) is 20.5 Å². The number of nitrogens with one attached hydrogen (secondary N) is 1. The number of aromatic hydroxyl groups is 2. The van der Waals surface area contributed by atoms with Crippen molar-refractivity contribution in [3.05, 3.63) is 77.7 Å². The molecule has 0 bridgehead atoms. The van der Waals surface area contributed by atoms with Gasteiger partial charge in [0.05, 0.1) is 4.88 Å². The van der Waals surface area contributed by atoms with Crippen LogP contribution >= 0.6 is 24.0 Å². The van der Waals surface area contributed by atoms with E-state index in [4.69, 9.17) is 9.47 Å². The molecule has 3 N–H and O–H groups in total. The van der Waals surface area contributed by atoms with Crippen LogP contribution in [0.1, 0.15) is 0 Å². The number of fused-ring (bicyclic) bond motifs is 1. The zero-order valence-corrected chi connectivity index (χ0v) is 22.2. The normalized spacial score (nSPS) is 11.5. The highest BCUT2D eigenvalue weighted by atomic mass is 32.1. The lowest BCUT2D eigenvalue weighted by Crippen LogP contribution is -2.24. The molecule has 7 nitrogen and oxygen atoms in total. The maximum absolute atomic E-state index is 11.7. The molecule has 9 heteroatoms. The van der Waals surface area contributed by atoms with Crippen molar-refractivity contribution in [3.63, 3.8) is 0 Å². The Kier molecular flexibility index (Phi) is 8.60. The van der Waals surface area contributed by atoms with E-state index in [-0.39, 0.29) is 17.4 Å². The first-order chi connectivity index (χ1) is 17.8. The molecule has 1 amide bonds. The van der Waals surface area contributed by atoms with E-state index in [2.05, 4.69) is 17.9 Å². The molecule has 1 aromatic heterocycles. The number of ether oxygens (including phenoxy) is 2. The first kappa shape index (κ1) is 26.4. The van der Waals surface area contributed by atoms with E-state index in [9.17, 15) is 15.0 Å². The number of carbonyl (C=O) groups is 1. The van der Waals surface area contributed by atoms with Crippen LogP contribution in [0, 0.1) is 0 Å². The van der Waals surface area contributed by atoms with Gasteiger partial charge in [-0.05, 0) is 72.3 Å². The number of nitrogens with zero attached hydrogens (tertiary/aromatic N) is 1. The summed E-state index contributed by atoms with van der Waals surface area (Å²) in [6.07, 6.45) is 1.49. The Morgan fingerprint density at radius 1 is 1.00 bits per heavy atom.